The Hall–Kier alpha value is -1.21. The monoisotopic (exact) mass is 543 g/mol. The van der Waals surface area contributed by atoms with Gasteiger partial charge in [-0.15, -0.1) is 0 Å². The second kappa shape index (κ2) is 25.9. The number of hydrogen-bond donors (Lipinski definition) is 0. The first-order valence-corrected chi connectivity index (χ1v) is 18.6. The van der Waals surface area contributed by atoms with Crippen LogP contribution < -0.4 is 0 Å². The molecule has 0 heterocycles. The van der Waals surface area contributed by atoms with Gasteiger partial charge in [-0.05, 0) is 37.1 Å². The van der Waals surface area contributed by atoms with E-state index in [1.807, 2.05) is 13.0 Å². The molecular formula is C23H26F2N2Na2O4S2. The Morgan fingerprint density at radius 2 is 1.34 bits per heavy atom. The Bertz CT molecular complexity index is 1040. The van der Waals surface area contributed by atoms with E-state index in [1.54, 1.807) is 19.1 Å². The van der Waals surface area contributed by atoms with Crippen LogP contribution in [0.1, 0.15) is 33.3 Å². The summed E-state index contributed by atoms with van der Waals surface area (Å²) < 4.78 is 31.9. The predicted octanol–water partition coefficient (Wildman–Crippen LogP) is 5.90. The van der Waals surface area contributed by atoms with Crippen molar-refractivity contribution in [3.8, 4) is 0 Å². The fourth-order valence-electron chi connectivity index (χ4n) is 1.93. The molecular weight excluding hydrogens is 516 g/mol. The van der Waals surface area contributed by atoms with Crippen molar-refractivity contribution in [1.29, 1.82) is 0 Å². The Morgan fingerprint density at radius 3 is 1.63 bits per heavy atom. The molecule has 0 atom stereocenters. The first-order chi connectivity index (χ1) is 16.4. The molecule has 180 valence electrons. The van der Waals surface area contributed by atoms with Crippen LogP contribution in [-0.4, -0.2) is 67.8 Å². The molecule has 0 aliphatic heterocycles. The van der Waals surface area contributed by atoms with Crippen LogP contribution in [0.2, 0.25) is 0 Å². The first kappa shape index (κ1) is 38.3. The molecule has 2 rings (SSSR count). The van der Waals surface area contributed by atoms with Crippen molar-refractivity contribution in [2.45, 2.75) is 39.5 Å². The van der Waals surface area contributed by atoms with Crippen molar-refractivity contribution in [3.63, 3.8) is 0 Å². The van der Waals surface area contributed by atoms with Crippen molar-refractivity contribution in [2.24, 2.45) is 0 Å². The van der Waals surface area contributed by atoms with Crippen molar-refractivity contribution in [2.75, 3.05) is 7.15 Å². The van der Waals surface area contributed by atoms with Gasteiger partial charge in [0, 0.05) is 25.7 Å². The van der Waals surface area contributed by atoms with Crippen LogP contribution in [0.5, 0.6) is 0 Å². The molecule has 12 heteroatoms. The molecule has 0 aliphatic carbocycles. The van der Waals surface area contributed by atoms with E-state index in [2.05, 4.69) is 14.4 Å². The molecule has 0 aliphatic rings. The molecule has 0 saturated heterocycles. The van der Waals surface area contributed by atoms with Gasteiger partial charge in [0.15, 0.2) is 16.5 Å². The number of aryl methyl sites for hydroxylation is 2. The number of esters is 2. The number of halogens is 2. The number of benzene rings is 2. The van der Waals surface area contributed by atoms with E-state index in [-0.39, 0.29) is 24.4 Å². The van der Waals surface area contributed by atoms with Gasteiger partial charge < -0.3 is 4.74 Å². The summed E-state index contributed by atoms with van der Waals surface area (Å²) in [7, 11) is -1.00. The van der Waals surface area contributed by atoms with Crippen molar-refractivity contribution >= 4 is 97.3 Å². The maximum atomic E-state index is 12.4. The van der Waals surface area contributed by atoms with Crippen LogP contribution in [0.25, 0.3) is 9.69 Å². The second-order valence-electron chi connectivity index (χ2n) is 5.78. The Kier molecular flexibility index (Phi) is 28.3. The van der Waals surface area contributed by atoms with Gasteiger partial charge >= 0.3 is 55.6 Å². The average Bonchev–Trinajstić information content (AvgIpc) is 2.75. The fourth-order valence-corrected chi connectivity index (χ4v) is 2.63. The van der Waals surface area contributed by atoms with E-state index < -0.39 is 19.1 Å². The molecule has 0 radical (unpaired) electrons. The number of ether oxygens (including phenoxy) is 1. The van der Waals surface area contributed by atoms with E-state index >= 15 is 0 Å². The number of hydrogen-bond acceptors (Lipinski definition) is 5. The summed E-state index contributed by atoms with van der Waals surface area (Å²) >= 11 is 4.08. The fraction of sp³-hybridized carbons (Fsp3) is 0.261. The molecule has 35 heavy (non-hydrogen) atoms. The van der Waals surface area contributed by atoms with Gasteiger partial charge in [-0.2, -0.15) is 13.5 Å². The molecule has 2 aromatic carbocycles. The van der Waals surface area contributed by atoms with E-state index in [1.165, 1.54) is 94.3 Å². The van der Waals surface area contributed by atoms with E-state index in [0.717, 1.165) is 10.5 Å². The number of rotatable bonds is 1. The van der Waals surface area contributed by atoms with Gasteiger partial charge in [0.2, 0.25) is 0 Å². The molecule has 0 saturated carbocycles. The number of thioether (sulfide) groups is 1. The van der Waals surface area contributed by atoms with Gasteiger partial charge in [-0.25, -0.2) is 14.1 Å². The second-order valence-corrected chi connectivity index (χ2v) is 7.03. The summed E-state index contributed by atoms with van der Waals surface area (Å²) in [6, 6.07) is 9.53. The third kappa shape index (κ3) is 23.0. The van der Waals surface area contributed by atoms with Crippen molar-refractivity contribution in [1.82, 2.24) is 0 Å². The Morgan fingerprint density at radius 1 is 0.943 bits per heavy atom. The topological polar surface area (TPSA) is 69.2 Å². The Labute approximate surface area is 247 Å². The van der Waals surface area contributed by atoms with E-state index in [0.29, 0.717) is 16.9 Å². The molecule has 0 amide bonds. The molecule has 0 unspecified atom stereocenters. The summed E-state index contributed by atoms with van der Waals surface area (Å²) in [5, 5.41) is 0.0648. The summed E-state index contributed by atoms with van der Waals surface area (Å²) in [4.78, 5) is 37.8. The van der Waals surface area contributed by atoms with Crippen LogP contribution in [0.4, 0.5) is 20.2 Å². The zero-order chi connectivity index (χ0) is 28.0. The van der Waals surface area contributed by atoms with Crippen LogP contribution in [0.15, 0.2) is 41.3 Å². The molecule has 0 aromatic heterocycles. The molecule has 6 nitrogen and oxygen atoms in total. The minimum atomic E-state index is -1.00. The minimum absolute atomic E-state index is 0. The van der Waals surface area contributed by atoms with Gasteiger partial charge in [-0.1, -0.05) is 36.0 Å². The van der Waals surface area contributed by atoms with Crippen LogP contribution in [0.3, 0.4) is 0 Å². The van der Waals surface area contributed by atoms with Crippen molar-refractivity contribution in [3.05, 3.63) is 76.2 Å². The van der Waals surface area contributed by atoms with Gasteiger partial charge in [0.25, 0.3) is 0 Å². The zero-order valence-corrected chi connectivity index (χ0v) is 26.7. The summed E-state index contributed by atoms with van der Waals surface area (Å²) in [6.45, 7) is 21.0. The van der Waals surface area contributed by atoms with E-state index in [4.69, 9.17) is 14.5 Å². The van der Waals surface area contributed by atoms with Gasteiger partial charge in [0.1, 0.15) is 5.82 Å². The molecule has 0 fully saturated rings. The number of carbonyl (C=O) groups is 3. The zero-order valence-electron chi connectivity index (χ0n) is 21.9. The predicted molar refractivity (Wildman–Crippen MR) is 143 cm³/mol. The first-order valence-electron chi connectivity index (χ1n) is 10.5. The molecule has 0 N–H and O–H groups in total. The SMILES string of the molecule is CC(=O)OC(C)=O.S.[2H]CF.[C-]#[N+]c1ccc(F)cc1C.[C-]#[N+]c1ccc(SC(C)=O)cc1C.[Na][Na]. The average molecular weight is 544 g/mol. The van der Waals surface area contributed by atoms with Crippen molar-refractivity contribution < 1.29 is 29.3 Å². The summed E-state index contributed by atoms with van der Waals surface area (Å²) in [6.07, 6.45) is 0. The third-order valence-corrected chi connectivity index (χ3v) is 3.89. The van der Waals surface area contributed by atoms with E-state index in [9.17, 15) is 23.2 Å². The molecule has 2 aromatic rings. The van der Waals surface area contributed by atoms with Crippen LogP contribution in [-0.2, 0) is 19.1 Å². The molecule has 0 bridgehead atoms. The quantitative estimate of drug-likeness (QED) is 0.147. The standard InChI is InChI=1S/C10H9NOS.C8H6FN.C4H6O3.CH3F.2Na.H2S/c1-7-6-9(13-8(2)12)4-5-10(7)11-3;1-6-5-7(9)3-4-8(6)10-2;1-3(5)7-4(2)6;1-2;;;/h4-6H,1-2H3;3-5H,1H3;1-2H3;1H3;;;1H2/i;;;1D;;;. The molecule has 0 spiro atoms. The van der Waals surface area contributed by atoms with Gasteiger partial charge in [0.05, 0.1) is 21.7 Å². The van der Waals surface area contributed by atoms with Crippen LogP contribution in [0, 0.1) is 32.8 Å². The number of alkyl halides is 1. The third-order valence-electron chi connectivity index (χ3n) is 3.12. The summed E-state index contributed by atoms with van der Waals surface area (Å²) in [5.74, 6) is -1.41. The number of carbonyl (C=O) groups excluding carboxylic acids is 3. The van der Waals surface area contributed by atoms with Gasteiger partial charge in [-0.3, -0.25) is 18.8 Å². The normalized spacial score (nSPS) is 8.31. The maximum absolute atomic E-state index is 12.4. The summed E-state index contributed by atoms with van der Waals surface area (Å²) in [5.41, 5.74) is 2.77. The van der Waals surface area contributed by atoms with Crippen LogP contribution >= 0.6 is 25.3 Å². The Balaban J connectivity index is -0.000000199. The number of nitrogens with zero attached hydrogens (tertiary/aromatic N) is 2.